The van der Waals surface area contributed by atoms with Gasteiger partial charge in [-0.3, -0.25) is 9.36 Å². The first-order chi connectivity index (χ1) is 12.2. The first-order valence-corrected chi connectivity index (χ1v) is 8.88. The van der Waals surface area contributed by atoms with Crippen molar-refractivity contribution in [2.45, 2.75) is 0 Å². The predicted octanol–water partition coefficient (Wildman–Crippen LogP) is 4.79. The molecule has 2 aromatic carbocycles. The number of aromatic amines is 1. The van der Waals surface area contributed by atoms with Gasteiger partial charge in [0.2, 0.25) is 0 Å². The number of para-hydroxylation sites is 1. The van der Waals surface area contributed by atoms with Crippen LogP contribution in [0.15, 0.2) is 65.5 Å². The fraction of sp³-hybridized carbons (Fsp3) is 0.0526. The summed E-state index contributed by atoms with van der Waals surface area (Å²) in [4.78, 5) is 17.9. The van der Waals surface area contributed by atoms with Crippen molar-refractivity contribution in [3.63, 3.8) is 0 Å². The number of rotatable bonds is 3. The molecule has 0 aliphatic heterocycles. The van der Waals surface area contributed by atoms with E-state index in [1.165, 1.54) is 15.9 Å². The smallest absolute Gasteiger partial charge is 0.267 e. The summed E-state index contributed by atoms with van der Waals surface area (Å²) in [5.74, 6) is 0.782. The Morgan fingerprint density at radius 1 is 1.08 bits per heavy atom. The third kappa shape index (κ3) is 2.79. The van der Waals surface area contributed by atoms with Gasteiger partial charge in [0, 0.05) is 4.88 Å². The molecular weight excluding hydrogens is 352 g/mol. The van der Waals surface area contributed by atoms with Crippen LogP contribution in [0.25, 0.3) is 26.3 Å². The Labute approximate surface area is 153 Å². The van der Waals surface area contributed by atoms with Crippen molar-refractivity contribution >= 4 is 33.8 Å². The second-order valence-electron chi connectivity index (χ2n) is 5.49. The molecule has 0 aliphatic carbocycles. The monoisotopic (exact) mass is 366 g/mol. The molecule has 0 amide bonds. The standard InChI is InChI=1S/C19H14N2O2S2/c1-23-14-9-5-6-12(10-14)16-11-15-17(25-16)20-19(24)21(18(15)22)13-7-3-2-4-8-13/h2-11H,1H3,(H,20,24). The zero-order valence-corrected chi connectivity index (χ0v) is 15.0. The Morgan fingerprint density at radius 2 is 1.88 bits per heavy atom. The minimum atomic E-state index is -0.115. The van der Waals surface area contributed by atoms with Gasteiger partial charge < -0.3 is 9.72 Å². The van der Waals surface area contributed by atoms with E-state index >= 15 is 0 Å². The first-order valence-electron chi connectivity index (χ1n) is 7.66. The number of methoxy groups -OCH3 is 1. The number of fused-ring (bicyclic) bond motifs is 1. The SMILES string of the molecule is COc1cccc(-c2cc3c(=O)n(-c4ccccc4)c(=S)[nH]c3s2)c1. The Kier molecular flexibility index (Phi) is 3.99. The zero-order chi connectivity index (χ0) is 17.4. The maximum Gasteiger partial charge on any atom is 0.267 e. The average Bonchev–Trinajstić information content (AvgIpc) is 3.07. The molecule has 4 aromatic rings. The summed E-state index contributed by atoms with van der Waals surface area (Å²) in [6.07, 6.45) is 0. The molecule has 0 aliphatic rings. The van der Waals surface area contributed by atoms with Crippen LogP contribution in [0, 0.1) is 4.77 Å². The summed E-state index contributed by atoms with van der Waals surface area (Å²) in [6.45, 7) is 0. The third-order valence-electron chi connectivity index (χ3n) is 3.96. The van der Waals surface area contributed by atoms with E-state index in [-0.39, 0.29) is 5.56 Å². The van der Waals surface area contributed by atoms with E-state index in [1.807, 2.05) is 60.7 Å². The minimum Gasteiger partial charge on any atom is -0.497 e. The lowest BCUT2D eigenvalue weighted by atomic mass is 10.1. The molecule has 124 valence electrons. The van der Waals surface area contributed by atoms with Crippen molar-refractivity contribution in [3.05, 3.63) is 75.8 Å². The van der Waals surface area contributed by atoms with Crippen LogP contribution in [-0.2, 0) is 0 Å². The molecule has 0 radical (unpaired) electrons. The van der Waals surface area contributed by atoms with E-state index in [0.29, 0.717) is 10.2 Å². The fourth-order valence-corrected chi connectivity index (χ4v) is 4.14. The highest BCUT2D eigenvalue weighted by Gasteiger charge is 2.12. The molecular formula is C19H14N2O2S2. The van der Waals surface area contributed by atoms with Gasteiger partial charge in [-0.2, -0.15) is 0 Å². The summed E-state index contributed by atoms with van der Waals surface area (Å²) in [5.41, 5.74) is 1.64. The van der Waals surface area contributed by atoms with Crippen molar-refractivity contribution < 1.29 is 4.74 Å². The molecule has 1 N–H and O–H groups in total. The maximum absolute atomic E-state index is 13.0. The van der Waals surface area contributed by atoms with Gasteiger partial charge in [-0.1, -0.05) is 30.3 Å². The maximum atomic E-state index is 13.0. The van der Waals surface area contributed by atoms with Gasteiger partial charge in [0.15, 0.2) is 4.77 Å². The Bertz CT molecular complexity index is 1170. The lowest BCUT2D eigenvalue weighted by Gasteiger charge is -2.05. The normalized spacial score (nSPS) is 10.9. The van der Waals surface area contributed by atoms with Gasteiger partial charge in [-0.15, -0.1) is 11.3 Å². The van der Waals surface area contributed by atoms with Crippen LogP contribution in [0.1, 0.15) is 0 Å². The van der Waals surface area contributed by atoms with Crippen LogP contribution in [0.2, 0.25) is 0 Å². The molecule has 4 nitrogen and oxygen atoms in total. The summed E-state index contributed by atoms with van der Waals surface area (Å²) >= 11 is 6.92. The number of hydrogen-bond donors (Lipinski definition) is 1. The molecule has 0 fully saturated rings. The topological polar surface area (TPSA) is 47.0 Å². The number of H-pyrrole nitrogens is 1. The number of thiophene rings is 1. The molecule has 0 spiro atoms. The molecule has 0 unspecified atom stereocenters. The van der Waals surface area contributed by atoms with Crippen molar-refractivity contribution in [2.75, 3.05) is 7.11 Å². The van der Waals surface area contributed by atoms with E-state index in [1.54, 1.807) is 7.11 Å². The summed E-state index contributed by atoms with van der Waals surface area (Å²) < 4.78 is 7.20. The van der Waals surface area contributed by atoms with E-state index in [4.69, 9.17) is 17.0 Å². The summed E-state index contributed by atoms with van der Waals surface area (Å²) in [7, 11) is 1.64. The van der Waals surface area contributed by atoms with Gasteiger partial charge in [-0.05, 0) is 48.1 Å². The van der Waals surface area contributed by atoms with Crippen molar-refractivity contribution in [2.24, 2.45) is 0 Å². The summed E-state index contributed by atoms with van der Waals surface area (Å²) in [6, 6.07) is 19.1. The lowest BCUT2D eigenvalue weighted by Crippen LogP contribution is -2.19. The third-order valence-corrected chi connectivity index (χ3v) is 5.34. The molecule has 0 bridgehead atoms. The van der Waals surface area contributed by atoms with Crippen LogP contribution in [0.3, 0.4) is 0 Å². The molecule has 6 heteroatoms. The lowest BCUT2D eigenvalue weighted by molar-refractivity contribution is 0.415. The number of ether oxygens (including phenoxy) is 1. The van der Waals surface area contributed by atoms with Crippen LogP contribution in [0.5, 0.6) is 5.75 Å². The molecule has 0 atom stereocenters. The highest BCUT2D eigenvalue weighted by Crippen LogP contribution is 2.32. The largest absolute Gasteiger partial charge is 0.497 e. The Balaban J connectivity index is 1.94. The van der Waals surface area contributed by atoms with Gasteiger partial charge in [0.25, 0.3) is 5.56 Å². The van der Waals surface area contributed by atoms with Crippen LogP contribution < -0.4 is 10.3 Å². The number of aromatic nitrogens is 2. The van der Waals surface area contributed by atoms with E-state index in [9.17, 15) is 4.79 Å². The molecule has 2 heterocycles. The minimum absolute atomic E-state index is 0.115. The highest BCUT2D eigenvalue weighted by atomic mass is 32.1. The van der Waals surface area contributed by atoms with Crippen molar-refractivity contribution in [3.8, 4) is 21.9 Å². The number of nitrogens with zero attached hydrogens (tertiary/aromatic N) is 1. The van der Waals surface area contributed by atoms with E-state index in [0.717, 1.165) is 26.7 Å². The van der Waals surface area contributed by atoms with Gasteiger partial charge >= 0.3 is 0 Å². The number of benzene rings is 2. The average molecular weight is 366 g/mol. The molecule has 2 aromatic heterocycles. The van der Waals surface area contributed by atoms with Crippen LogP contribution >= 0.6 is 23.6 Å². The van der Waals surface area contributed by atoms with Crippen molar-refractivity contribution in [1.82, 2.24) is 9.55 Å². The Hall–Kier alpha value is -2.70. The van der Waals surface area contributed by atoms with Gasteiger partial charge in [-0.25, -0.2) is 0 Å². The second-order valence-corrected chi connectivity index (χ2v) is 6.93. The number of nitrogens with one attached hydrogen (secondary N) is 1. The van der Waals surface area contributed by atoms with Gasteiger partial charge in [0.05, 0.1) is 18.2 Å². The molecule has 25 heavy (non-hydrogen) atoms. The zero-order valence-electron chi connectivity index (χ0n) is 13.4. The van der Waals surface area contributed by atoms with E-state index in [2.05, 4.69) is 4.98 Å². The van der Waals surface area contributed by atoms with Crippen LogP contribution in [-0.4, -0.2) is 16.7 Å². The molecule has 0 saturated carbocycles. The first kappa shape index (κ1) is 15.8. The predicted molar refractivity (Wildman–Crippen MR) is 105 cm³/mol. The van der Waals surface area contributed by atoms with Crippen molar-refractivity contribution in [1.29, 1.82) is 0 Å². The molecule has 0 saturated heterocycles. The highest BCUT2D eigenvalue weighted by molar-refractivity contribution is 7.71. The fourth-order valence-electron chi connectivity index (χ4n) is 2.74. The second kappa shape index (κ2) is 6.31. The quantitative estimate of drug-likeness (QED) is 0.531. The molecule has 4 rings (SSSR count). The number of hydrogen-bond acceptors (Lipinski definition) is 4. The van der Waals surface area contributed by atoms with Gasteiger partial charge in [0.1, 0.15) is 10.6 Å². The van der Waals surface area contributed by atoms with E-state index < -0.39 is 0 Å². The summed E-state index contributed by atoms with van der Waals surface area (Å²) in [5, 5.41) is 0.625. The van der Waals surface area contributed by atoms with Crippen LogP contribution in [0.4, 0.5) is 0 Å². The Morgan fingerprint density at radius 3 is 2.64 bits per heavy atom.